The number of urea groups is 1. The third-order valence-corrected chi connectivity index (χ3v) is 4.06. The number of carbonyl (C=O) groups excluding carboxylic acids is 1. The van der Waals surface area contributed by atoms with Gasteiger partial charge in [-0.15, -0.1) is 0 Å². The van der Waals surface area contributed by atoms with Gasteiger partial charge in [0.15, 0.2) is 0 Å². The van der Waals surface area contributed by atoms with E-state index in [1.165, 1.54) is 25.7 Å². The number of hydrogen-bond acceptors (Lipinski definition) is 2. The number of carbonyl (C=O) groups is 2. The van der Waals surface area contributed by atoms with Crippen LogP contribution in [0.15, 0.2) is 0 Å². The molecule has 0 spiro atoms. The van der Waals surface area contributed by atoms with Gasteiger partial charge in [0.05, 0.1) is 5.92 Å². The summed E-state index contributed by atoms with van der Waals surface area (Å²) in [6, 6.07) is -0.165. The molecule has 1 unspecified atom stereocenters. The molecular weight excluding hydrogens is 268 g/mol. The fraction of sp³-hybridized carbons (Fsp3) is 0.875. The van der Waals surface area contributed by atoms with Gasteiger partial charge in [0, 0.05) is 20.1 Å². The number of amides is 2. The minimum atomic E-state index is -0.844. The van der Waals surface area contributed by atoms with E-state index in [9.17, 15) is 14.7 Å². The Hall–Kier alpha value is -1.26. The van der Waals surface area contributed by atoms with E-state index >= 15 is 0 Å². The zero-order valence-electron chi connectivity index (χ0n) is 13.8. The summed E-state index contributed by atoms with van der Waals surface area (Å²) < 4.78 is 0. The molecule has 0 radical (unpaired) electrons. The summed E-state index contributed by atoms with van der Waals surface area (Å²) in [4.78, 5) is 25.0. The number of rotatable bonds is 6. The van der Waals surface area contributed by atoms with Gasteiger partial charge in [0.1, 0.15) is 0 Å². The number of carboxylic acid groups (broad SMARTS) is 1. The van der Waals surface area contributed by atoms with Crippen LogP contribution in [0, 0.1) is 17.3 Å². The van der Waals surface area contributed by atoms with E-state index in [4.69, 9.17) is 0 Å². The smallest absolute Gasteiger partial charge is 0.317 e. The molecule has 1 aliphatic rings. The lowest BCUT2D eigenvalue weighted by atomic mass is 9.84. The molecule has 1 aliphatic carbocycles. The number of nitrogens with zero attached hydrogens (tertiary/aromatic N) is 1. The van der Waals surface area contributed by atoms with Crippen molar-refractivity contribution in [1.29, 1.82) is 0 Å². The highest BCUT2D eigenvalue weighted by Gasteiger charge is 2.26. The molecule has 1 saturated carbocycles. The highest BCUT2D eigenvalue weighted by Crippen LogP contribution is 2.25. The molecule has 0 saturated heterocycles. The third-order valence-electron chi connectivity index (χ3n) is 4.06. The van der Waals surface area contributed by atoms with Crippen LogP contribution in [0.2, 0.25) is 0 Å². The molecule has 5 nitrogen and oxygen atoms in total. The molecule has 0 aliphatic heterocycles. The van der Waals surface area contributed by atoms with Crippen molar-refractivity contribution < 1.29 is 14.7 Å². The first-order valence-corrected chi connectivity index (χ1v) is 7.91. The van der Waals surface area contributed by atoms with Gasteiger partial charge in [-0.3, -0.25) is 4.79 Å². The molecule has 0 aromatic rings. The van der Waals surface area contributed by atoms with Crippen molar-refractivity contribution in [1.82, 2.24) is 10.2 Å². The van der Waals surface area contributed by atoms with Gasteiger partial charge in [-0.1, -0.05) is 33.6 Å². The summed E-state index contributed by atoms with van der Waals surface area (Å²) >= 11 is 0. The van der Waals surface area contributed by atoms with Crippen LogP contribution < -0.4 is 5.32 Å². The lowest BCUT2D eigenvalue weighted by Crippen LogP contribution is -2.43. The number of hydrogen-bond donors (Lipinski definition) is 2. The second-order valence-electron chi connectivity index (χ2n) is 7.52. The standard InChI is InChI=1S/C16H30N2O3/c1-16(2,3)9-13(14(19)20)10-17-15(21)18(4)11-12-7-5-6-8-12/h12-13H,5-11H2,1-4H3,(H,17,21)(H,19,20). The van der Waals surface area contributed by atoms with Crippen LogP contribution in [-0.4, -0.2) is 42.1 Å². The molecule has 0 heterocycles. The molecule has 0 aromatic carbocycles. The molecule has 0 bridgehead atoms. The largest absolute Gasteiger partial charge is 0.481 e. The Balaban J connectivity index is 2.39. The van der Waals surface area contributed by atoms with Crippen molar-refractivity contribution in [3.8, 4) is 0 Å². The van der Waals surface area contributed by atoms with Crippen LogP contribution in [0.1, 0.15) is 52.9 Å². The maximum atomic E-state index is 12.0. The number of aliphatic carboxylic acids is 1. The lowest BCUT2D eigenvalue weighted by molar-refractivity contribution is -0.142. The van der Waals surface area contributed by atoms with Gasteiger partial charge in [-0.2, -0.15) is 0 Å². The fourth-order valence-electron chi connectivity index (χ4n) is 2.99. The van der Waals surface area contributed by atoms with Crippen molar-refractivity contribution in [2.45, 2.75) is 52.9 Å². The van der Waals surface area contributed by atoms with Gasteiger partial charge in [-0.25, -0.2) is 4.79 Å². The summed E-state index contributed by atoms with van der Waals surface area (Å²) in [5, 5.41) is 12.0. The van der Waals surface area contributed by atoms with Crippen LogP contribution in [-0.2, 0) is 4.79 Å². The van der Waals surface area contributed by atoms with Gasteiger partial charge in [0.25, 0.3) is 0 Å². The molecular formula is C16H30N2O3. The Bertz CT molecular complexity index is 357. The van der Waals surface area contributed by atoms with Gasteiger partial charge < -0.3 is 15.3 Å². The Morgan fingerprint density at radius 3 is 2.33 bits per heavy atom. The molecule has 2 amide bonds. The van der Waals surface area contributed by atoms with E-state index in [0.29, 0.717) is 12.3 Å². The van der Waals surface area contributed by atoms with Crippen molar-refractivity contribution in [3.63, 3.8) is 0 Å². The monoisotopic (exact) mass is 298 g/mol. The Labute approximate surface area is 128 Å². The lowest BCUT2D eigenvalue weighted by Gasteiger charge is -2.25. The first kappa shape index (κ1) is 17.8. The minimum absolute atomic E-state index is 0.0659. The highest BCUT2D eigenvalue weighted by atomic mass is 16.4. The van der Waals surface area contributed by atoms with E-state index in [1.807, 2.05) is 20.8 Å². The molecule has 0 aromatic heterocycles. The average molecular weight is 298 g/mol. The third kappa shape index (κ3) is 6.82. The van der Waals surface area contributed by atoms with E-state index in [1.54, 1.807) is 11.9 Å². The summed E-state index contributed by atoms with van der Waals surface area (Å²) in [7, 11) is 1.78. The fourth-order valence-corrected chi connectivity index (χ4v) is 2.99. The van der Waals surface area contributed by atoms with Crippen LogP contribution in [0.5, 0.6) is 0 Å². The quantitative estimate of drug-likeness (QED) is 0.792. The zero-order valence-corrected chi connectivity index (χ0v) is 13.8. The molecule has 122 valence electrons. The van der Waals surface area contributed by atoms with Crippen molar-refractivity contribution in [2.24, 2.45) is 17.3 Å². The van der Waals surface area contributed by atoms with E-state index in [0.717, 1.165) is 6.54 Å². The summed E-state index contributed by atoms with van der Waals surface area (Å²) in [5.74, 6) is -0.775. The predicted molar refractivity (Wildman–Crippen MR) is 83.2 cm³/mol. The Morgan fingerprint density at radius 2 is 1.86 bits per heavy atom. The molecule has 1 fully saturated rings. The van der Waals surface area contributed by atoms with Gasteiger partial charge in [0.2, 0.25) is 0 Å². The van der Waals surface area contributed by atoms with Crippen LogP contribution in [0.4, 0.5) is 4.79 Å². The number of nitrogens with one attached hydrogen (secondary N) is 1. The molecule has 1 rings (SSSR count). The topological polar surface area (TPSA) is 69.6 Å². The summed E-state index contributed by atoms with van der Waals surface area (Å²) in [5.41, 5.74) is -0.0659. The maximum Gasteiger partial charge on any atom is 0.317 e. The minimum Gasteiger partial charge on any atom is -0.481 e. The van der Waals surface area contributed by atoms with Crippen molar-refractivity contribution in [2.75, 3.05) is 20.1 Å². The highest BCUT2D eigenvalue weighted by molar-refractivity contribution is 5.75. The van der Waals surface area contributed by atoms with Crippen LogP contribution in [0.25, 0.3) is 0 Å². The van der Waals surface area contributed by atoms with Crippen LogP contribution in [0.3, 0.4) is 0 Å². The SMILES string of the molecule is CN(CC1CCCC1)C(=O)NCC(CC(C)(C)C)C(=O)O. The average Bonchev–Trinajstić information content (AvgIpc) is 2.85. The molecule has 1 atom stereocenters. The maximum absolute atomic E-state index is 12.0. The van der Waals surface area contributed by atoms with Gasteiger partial charge >= 0.3 is 12.0 Å². The van der Waals surface area contributed by atoms with E-state index in [-0.39, 0.29) is 18.0 Å². The van der Waals surface area contributed by atoms with E-state index in [2.05, 4.69) is 5.32 Å². The second-order valence-corrected chi connectivity index (χ2v) is 7.52. The van der Waals surface area contributed by atoms with Gasteiger partial charge in [-0.05, 0) is 30.6 Å². The molecule has 2 N–H and O–H groups in total. The first-order valence-electron chi connectivity index (χ1n) is 7.91. The molecule has 21 heavy (non-hydrogen) atoms. The van der Waals surface area contributed by atoms with Crippen molar-refractivity contribution >= 4 is 12.0 Å². The zero-order chi connectivity index (χ0) is 16.0. The summed E-state index contributed by atoms with van der Waals surface area (Å²) in [6.45, 7) is 6.99. The Morgan fingerprint density at radius 1 is 1.29 bits per heavy atom. The summed E-state index contributed by atoms with van der Waals surface area (Å²) in [6.07, 6.45) is 5.45. The Kier molecular flexibility index (Phi) is 6.49. The predicted octanol–water partition coefficient (Wildman–Crippen LogP) is 2.96. The first-order chi connectivity index (χ1) is 9.69. The second kappa shape index (κ2) is 7.66. The van der Waals surface area contributed by atoms with Crippen molar-refractivity contribution in [3.05, 3.63) is 0 Å². The van der Waals surface area contributed by atoms with E-state index < -0.39 is 11.9 Å². The molecule has 5 heteroatoms. The normalized spacial score (nSPS) is 17.5. The number of carboxylic acids is 1. The van der Waals surface area contributed by atoms with Crippen LogP contribution >= 0.6 is 0 Å².